The molecule has 0 heterocycles. The van der Waals surface area contributed by atoms with Crippen molar-refractivity contribution < 1.29 is 14.6 Å². The molecule has 0 spiro atoms. The minimum Gasteiger partial charge on any atom is -0.478 e. The van der Waals surface area contributed by atoms with Gasteiger partial charge in [-0.1, -0.05) is 0 Å². The summed E-state index contributed by atoms with van der Waals surface area (Å²) in [6, 6.07) is 13.1. The van der Waals surface area contributed by atoms with Gasteiger partial charge in [-0.25, -0.2) is 4.79 Å². The molecule has 0 unspecified atom stereocenters. The maximum Gasteiger partial charge on any atom is 0.335 e. The number of hydrogen-bond donors (Lipinski definition) is 1. The highest BCUT2D eigenvalue weighted by Gasteiger charge is 2.08. The highest BCUT2D eigenvalue weighted by Crippen LogP contribution is 2.30. The number of carboxylic acids is 1. The van der Waals surface area contributed by atoms with E-state index in [2.05, 4.69) is 15.9 Å². The fourth-order valence-electron chi connectivity index (χ4n) is 1.44. The van der Waals surface area contributed by atoms with Crippen LogP contribution in [0.2, 0.25) is 0 Å². The zero-order valence-electron chi connectivity index (χ0n) is 9.63. The molecule has 2 aromatic carbocycles. The molecule has 4 nitrogen and oxygen atoms in total. The highest BCUT2D eigenvalue weighted by atomic mass is 79.9. The van der Waals surface area contributed by atoms with E-state index in [1.54, 1.807) is 30.3 Å². The number of nitrogens with zero attached hydrogens (tertiary/aromatic N) is 1. The first-order valence-electron chi connectivity index (χ1n) is 5.31. The molecule has 2 rings (SSSR count). The molecule has 0 fully saturated rings. The largest absolute Gasteiger partial charge is 0.478 e. The molecule has 0 saturated carbocycles. The van der Waals surface area contributed by atoms with Gasteiger partial charge in [-0.3, -0.25) is 0 Å². The van der Waals surface area contributed by atoms with Crippen molar-refractivity contribution in [2.75, 3.05) is 0 Å². The molecular formula is C14H8BrNO3. The van der Waals surface area contributed by atoms with Gasteiger partial charge in [0, 0.05) is 0 Å². The average Bonchev–Trinajstić information content (AvgIpc) is 2.42. The summed E-state index contributed by atoms with van der Waals surface area (Å²) < 4.78 is 6.23. The lowest BCUT2D eigenvalue weighted by molar-refractivity contribution is 0.0696. The quantitative estimate of drug-likeness (QED) is 0.934. The van der Waals surface area contributed by atoms with Crippen molar-refractivity contribution in [1.82, 2.24) is 0 Å². The first kappa shape index (κ1) is 13.1. The Morgan fingerprint density at radius 3 is 2.47 bits per heavy atom. The van der Waals surface area contributed by atoms with Crippen LogP contribution in [0.5, 0.6) is 11.5 Å². The maximum absolute atomic E-state index is 10.9. The predicted molar refractivity (Wildman–Crippen MR) is 72.3 cm³/mol. The maximum atomic E-state index is 10.9. The van der Waals surface area contributed by atoms with E-state index in [9.17, 15) is 4.79 Å². The summed E-state index contributed by atoms with van der Waals surface area (Å²) in [7, 11) is 0. The van der Waals surface area contributed by atoms with Gasteiger partial charge in [-0.15, -0.1) is 0 Å². The van der Waals surface area contributed by atoms with Gasteiger partial charge in [-0.05, 0) is 58.4 Å². The number of ether oxygens (including phenoxy) is 1. The molecule has 5 heteroatoms. The van der Waals surface area contributed by atoms with Gasteiger partial charge >= 0.3 is 5.97 Å². The predicted octanol–water partition coefficient (Wildman–Crippen LogP) is 3.81. The Morgan fingerprint density at radius 2 is 1.89 bits per heavy atom. The normalized spacial score (nSPS) is 9.68. The van der Waals surface area contributed by atoms with Crippen LogP contribution in [-0.2, 0) is 0 Å². The van der Waals surface area contributed by atoms with Gasteiger partial charge in [0.2, 0.25) is 0 Å². The molecule has 0 aliphatic rings. The van der Waals surface area contributed by atoms with E-state index < -0.39 is 5.97 Å². The number of aromatic carboxylic acids is 1. The summed E-state index contributed by atoms with van der Waals surface area (Å²) >= 11 is 3.29. The van der Waals surface area contributed by atoms with Gasteiger partial charge in [0.05, 0.1) is 21.7 Å². The molecule has 0 saturated heterocycles. The van der Waals surface area contributed by atoms with Crippen LogP contribution in [-0.4, -0.2) is 11.1 Å². The van der Waals surface area contributed by atoms with Crippen molar-refractivity contribution in [3.63, 3.8) is 0 Å². The van der Waals surface area contributed by atoms with E-state index in [1.807, 2.05) is 6.07 Å². The minimum atomic E-state index is -1.02. The van der Waals surface area contributed by atoms with Crippen molar-refractivity contribution in [2.45, 2.75) is 0 Å². The molecule has 2 aromatic rings. The van der Waals surface area contributed by atoms with E-state index >= 15 is 0 Å². The van der Waals surface area contributed by atoms with Crippen LogP contribution in [0.15, 0.2) is 46.9 Å². The third-order valence-corrected chi connectivity index (χ3v) is 3.04. The van der Waals surface area contributed by atoms with E-state index in [-0.39, 0.29) is 5.56 Å². The number of hydrogen-bond acceptors (Lipinski definition) is 3. The van der Waals surface area contributed by atoms with Crippen molar-refractivity contribution in [1.29, 1.82) is 5.26 Å². The lowest BCUT2D eigenvalue weighted by Gasteiger charge is -2.08. The number of halogens is 1. The second-order valence-corrected chi connectivity index (χ2v) is 4.54. The summed E-state index contributed by atoms with van der Waals surface area (Å²) in [5.74, 6) is -0.0796. The zero-order valence-corrected chi connectivity index (χ0v) is 11.2. The smallest absolute Gasteiger partial charge is 0.335 e. The lowest BCUT2D eigenvalue weighted by atomic mass is 10.2. The summed E-state index contributed by atoms with van der Waals surface area (Å²) in [4.78, 5) is 10.9. The van der Waals surface area contributed by atoms with E-state index in [1.165, 1.54) is 12.1 Å². The Kier molecular flexibility index (Phi) is 3.83. The van der Waals surface area contributed by atoms with E-state index in [0.717, 1.165) is 0 Å². The SMILES string of the molecule is N#Cc1ccc(Oc2cc(C(=O)O)ccc2Br)cc1. The molecule has 1 N–H and O–H groups in total. The highest BCUT2D eigenvalue weighted by molar-refractivity contribution is 9.10. The van der Waals surface area contributed by atoms with Gasteiger partial charge in [0.1, 0.15) is 11.5 Å². The lowest BCUT2D eigenvalue weighted by Crippen LogP contribution is -1.96. The number of nitriles is 1. The summed E-state index contributed by atoms with van der Waals surface area (Å²) in [5, 5.41) is 17.6. The fraction of sp³-hybridized carbons (Fsp3) is 0. The Balaban J connectivity index is 2.29. The van der Waals surface area contributed by atoms with Crippen LogP contribution in [0.4, 0.5) is 0 Å². The summed E-state index contributed by atoms with van der Waals surface area (Å²) in [6.07, 6.45) is 0. The first-order chi connectivity index (χ1) is 9.10. The topological polar surface area (TPSA) is 70.3 Å². The molecule has 0 bridgehead atoms. The molecule has 0 radical (unpaired) electrons. The molecule has 0 aliphatic heterocycles. The second kappa shape index (κ2) is 5.55. The van der Waals surface area contributed by atoms with Gasteiger partial charge in [0.15, 0.2) is 0 Å². The van der Waals surface area contributed by atoms with Crippen LogP contribution in [0.1, 0.15) is 15.9 Å². The standard InChI is InChI=1S/C14H8BrNO3/c15-12-6-3-10(14(17)18)7-13(12)19-11-4-1-9(8-16)2-5-11/h1-7H,(H,17,18). The molecule has 0 aromatic heterocycles. The monoisotopic (exact) mass is 317 g/mol. The summed E-state index contributed by atoms with van der Waals surface area (Å²) in [6.45, 7) is 0. The molecule has 94 valence electrons. The van der Waals surface area contributed by atoms with Crippen LogP contribution in [0.25, 0.3) is 0 Å². The van der Waals surface area contributed by atoms with Crippen molar-refractivity contribution >= 4 is 21.9 Å². The molecular weight excluding hydrogens is 310 g/mol. The number of benzene rings is 2. The second-order valence-electron chi connectivity index (χ2n) is 3.69. The van der Waals surface area contributed by atoms with Crippen LogP contribution in [0, 0.1) is 11.3 Å². The average molecular weight is 318 g/mol. The van der Waals surface area contributed by atoms with E-state index in [0.29, 0.717) is 21.5 Å². The van der Waals surface area contributed by atoms with Crippen LogP contribution >= 0.6 is 15.9 Å². The third-order valence-electron chi connectivity index (χ3n) is 2.39. The summed E-state index contributed by atoms with van der Waals surface area (Å²) in [5.41, 5.74) is 0.678. The Morgan fingerprint density at radius 1 is 1.21 bits per heavy atom. The number of rotatable bonds is 3. The zero-order chi connectivity index (χ0) is 13.8. The molecule has 0 atom stereocenters. The number of carboxylic acid groups (broad SMARTS) is 1. The molecule has 0 amide bonds. The van der Waals surface area contributed by atoms with Crippen molar-refractivity contribution in [3.8, 4) is 17.6 Å². The van der Waals surface area contributed by atoms with Crippen LogP contribution in [0.3, 0.4) is 0 Å². The Labute approximate surface area is 118 Å². The van der Waals surface area contributed by atoms with Crippen molar-refractivity contribution in [3.05, 3.63) is 58.1 Å². The van der Waals surface area contributed by atoms with Crippen LogP contribution < -0.4 is 4.74 Å². The van der Waals surface area contributed by atoms with E-state index in [4.69, 9.17) is 15.1 Å². The van der Waals surface area contributed by atoms with Gasteiger partial charge in [-0.2, -0.15) is 5.26 Å². The Hall–Kier alpha value is -2.32. The van der Waals surface area contributed by atoms with Gasteiger partial charge in [0.25, 0.3) is 0 Å². The molecule has 0 aliphatic carbocycles. The first-order valence-corrected chi connectivity index (χ1v) is 6.10. The minimum absolute atomic E-state index is 0.145. The Bertz CT molecular complexity index is 659. The van der Waals surface area contributed by atoms with Gasteiger partial charge < -0.3 is 9.84 Å². The third kappa shape index (κ3) is 3.12. The van der Waals surface area contributed by atoms with Crippen molar-refractivity contribution in [2.24, 2.45) is 0 Å². The number of carbonyl (C=O) groups is 1. The molecule has 19 heavy (non-hydrogen) atoms. The fourth-order valence-corrected chi connectivity index (χ4v) is 1.77.